The fourth-order valence-corrected chi connectivity index (χ4v) is 9.54. The molecule has 2 aliphatic rings. The lowest BCUT2D eigenvalue weighted by atomic mass is 9.73. The van der Waals surface area contributed by atoms with Crippen molar-refractivity contribution in [3.63, 3.8) is 0 Å². The molecule has 2 atom stereocenters. The maximum atomic E-state index is 13.4. The van der Waals surface area contributed by atoms with Crippen molar-refractivity contribution in [1.29, 1.82) is 5.26 Å². The van der Waals surface area contributed by atoms with Gasteiger partial charge in [-0.05, 0) is 125 Å². The third kappa shape index (κ3) is 8.91. The number of carboxylic acid groups (broad SMARTS) is 1. The molecular weight excluding hydrogens is 807 g/mol. The molecule has 328 valence electrons. The Morgan fingerprint density at radius 2 is 1.45 bits per heavy atom. The van der Waals surface area contributed by atoms with Crippen molar-refractivity contribution in [3.8, 4) is 6.07 Å². The highest BCUT2D eigenvalue weighted by atomic mass is 16.4. The molecule has 6 aromatic rings. The van der Waals surface area contributed by atoms with E-state index in [1.165, 1.54) is 5.56 Å². The summed E-state index contributed by atoms with van der Waals surface area (Å²) in [5.74, 6) is -1.05. The summed E-state index contributed by atoms with van der Waals surface area (Å²) in [5, 5.41) is 25.4. The summed E-state index contributed by atoms with van der Waals surface area (Å²) in [5.41, 5.74) is 16.8. The molecule has 10 nitrogen and oxygen atoms in total. The van der Waals surface area contributed by atoms with Crippen LogP contribution in [0, 0.1) is 11.3 Å². The Labute approximate surface area is 381 Å². The van der Waals surface area contributed by atoms with Crippen LogP contribution < -0.4 is 30.9 Å². The van der Waals surface area contributed by atoms with E-state index < -0.39 is 11.4 Å². The van der Waals surface area contributed by atoms with Gasteiger partial charge in [-0.15, -0.1) is 0 Å². The van der Waals surface area contributed by atoms with Gasteiger partial charge in [-0.25, -0.2) is 0 Å². The molecule has 0 aliphatic carbocycles. The summed E-state index contributed by atoms with van der Waals surface area (Å²) in [6.45, 7) is 6.91. The lowest BCUT2D eigenvalue weighted by Gasteiger charge is -2.34. The number of hydrazine groups is 1. The number of likely N-dealkylation sites (N-methyl/N-ethyl adjacent to an activating group) is 1. The smallest absolute Gasteiger partial charge is 0.305 e. The molecule has 0 aromatic heterocycles. The van der Waals surface area contributed by atoms with Gasteiger partial charge in [0.25, 0.3) is 5.91 Å². The van der Waals surface area contributed by atoms with Crippen LogP contribution in [-0.2, 0) is 22.0 Å². The first-order valence-corrected chi connectivity index (χ1v) is 21.9. The monoisotopic (exact) mass is 861 g/mol. The lowest BCUT2D eigenvalue weighted by molar-refractivity contribution is -0.136. The Hall–Kier alpha value is -7.77. The second kappa shape index (κ2) is 18.1. The largest absolute Gasteiger partial charge is 0.481 e. The minimum atomic E-state index is -0.860. The number of benzene rings is 6. The molecule has 4 N–H and O–H groups in total. The van der Waals surface area contributed by atoms with E-state index in [-0.39, 0.29) is 23.8 Å². The Morgan fingerprint density at radius 1 is 0.800 bits per heavy atom. The standard InChI is InChI=1S/C55H55N7O3/c1-54(2)49(62(34-33-51(63)64)48-30-21-39-11-7-8-12-45(39)52(48)54)31-17-38(36-56)18-32-50-55(3,46-13-9-10-14-47(46)61(50)6)35-37-15-19-40(20-16-37)53(65)57-41-22-24-42(25-23-41)58-59-43-26-28-44(29-27-43)60(4)5/h7-32,50,58-59H,33-35H2,1-6H3,(H,57,65)(H,63,64)/b32-18+,38-17-,49-31+. The summed E-state index contributed by atoms with van der Waals surface area (Å²) in [6.07, 6.45) is 8.55. The summed E-state index contributed by atoms with van der Waals surface area (Å²) < 4.78 is 0. The van der Waals surface area contributed by atoms with Crippen LogP contribution in [0.3, 0.4) is 0 Å². The van der Waals surface area contributed by atoms with Crippen molar-refractivity contribution >= 4 is 56.8 Å². The predicted molar refractivity (Wildman–Crippen MR) is 266 cm³/mol. The number of nitriles is 1. The van der Waals surface area contributed by atoms with E-state index in [1.807, 2.05) is 117 Å². The number of nitrogens with one attached hydrogen (secondary N) is 3. The number of para-hydroxylation sites is 1. The van der Waals surface area contributed by atoms with Crippen LogP contribution in [-0.4, -0.2) is 50.7 Å². The number of aliphatic carboxylic acids is 1. The van der Waals surface area contributed by atoms with Crippen molar-refractivity contribution in [1.82, 2.24) is 0 Å². The van der Waals surface area contributed by atoms with Crippen LogP contribution in [0.4, 0.5) is 34.1 Å². The van der Waals surface area contributed by atoms with Crippen LogP contribution >= 0.6 is 0 Å². The van der Waals surface area contributed by atoms with Crippen LogP contribution in [0.25, 0.3) is 10.8 Å². The Morgan fingerprint density at radius 3 is 2.12 bits per heavy atom. The highest BCUT2D eigenvalue weighted by Crippen LogP contribution is 2.51. The molecule has 2 unspecified atom stereocenters. The fourth-order valence-electron chi connectivity index (χ4n) is 9.54. The average Bonchev–Trinajstić information content (AvgIpc) is 3.66. The van der Waals surface area contributed by atoms with Crippen molar-refractivity contribution in [2.24, 2.45) is 0 Å². The predicted octanol–water partition coefficient (Wildman–Crippen LogP) is 11.1. The number of amides is 1. The maximum Gasteiger partial charge on any atom is 0.305 e. The fraction of sp³-hybridized carbons (Fsp3) is 0.218. The van der Waals surface area contributed by atoms with Gasteiger partial charge in [-0.2, -0.15) is 5.26 Å². The quantitative estimate of drug-likeness (QED) is 0.0481. The Bertz CT molecular complexity index is 2870. The normalized spacial score (nSPS) is 18.1. The van der Waals surface area contributed by atoms with Gasteiger partial charge in [0.1, 0.15) is 0 Å². The van der Waals surface area contributed by atoms with E-state index >= 15 is 0 Å². The first-order valence-electron chi connectivity index (χ1n) is 21.9. The highest BCUT2D eigenvalue weighted by Gasteiger charge is 2.45. The molecule has 0 spiro atoms. The van der Waals surface area contributed by atoms with E-state index in [2.05, 4.69) is 119 Å². The van der Waals surface area contributed by atoms with E-state index in [0.29, 0.717) is 29.8 Å². The summed E-state index contributed by atoms with van der Waals surface area (Å²) >= 11 is 0. The van der Waals surface area contributed by atoms with Gasteiger partial charge in [0.05, 0.1) is 35.5 Å². The molecule has 6 aromatic carbocycles. The zero-order chi connectivity index (χ0) is 45.9. The lowest BCUT2D eigenvalue weighted by Crippen LogP contribution is -2.41. The molecule has 65 heavy (non-hydrogen) atoms. The Kier molecular flexibility index (Phi) is 12.2. The zero-order valence-electron chi connectivity index (χ0n) is 37.8. The number of carbonyl (C=O) groups is 2. The van der Waals surface area contributed by atoms with Crippen molar-refractivity contribution in [2.45, 2.75) is 50.5 Å². The molecule has 0 bridgehead atoms. The van der Waals surface area contributed by atoms with Crippen molar-refractivity contribution in [3.05, 3.63) is 191 Å². The molecule has 2 aliphatic heterocycles. The van der Waals surface area contributed by atoms with Crippen LogP contribution in [0.15, 0.2) is 169 Å². The topological polar surface area (TPSA) is 124 Å². The Balaban J connectivity index is 0.980. The zero-order valence-corrected chi connectivity index (χ0v) is 37.8. The van der Waals surface area contributed by atoms with E-state index in [1.54, 1.807) is 0 Å². The molecule has 8 rings (SSSR count). The molecule has 0 fully saturated rings. The second-order valence-corrected chi connectivity index (χ2v) is 17.8. The number of hydrogen-bond acceptors (Lipinski definition) is 8. The third-order valence-corrected chi connectivity index (χ3v) is 12.9. The molecule has 0 saturated heterocycles. The summed E-state index contributed by atoms with van der Waals surface area (Å²) in [4.78, 5) is 31.6. The molecule has 0 radical (unpaired) electrons. The van der Waals surface area contributed by atoms with Gasteiger partial charge in [-0.3, -0.25) is 9.59 Å². The summed E-state index contributed by atoms with van der Waals surface area (Å²) in [6, 6.07) is 46.7. The maximum absolute atomic E-state index is 13.4. The molecule has 0 saturated carbocycles. The molecule has 10 heteroatoms. The van der Waals surface area contributed by atoms with Gasteiger partial charge in [0.15, 0.2) is 0 Å². The van der Waals surface area contributed by atoms with Gasteiger partial charge in [0.2, 0.25) is 0 Å². The van der Waals surface area contributed by atoms with E-state index in [4.69, 9.17) is 0 Å². The number of carbonyl (C=O) groups excluding carboxylic acids is 1. The molecule has 1 amide bonds. The number of hydrogen-bond donors (Lipinski definition) is 4. The number of fused-ring (bicyclic) bond motifs is 4. The first kappa shape index (κ1) is 43.9. The average molecular weight is 862 g/mol. The SMILES string of the molecule is CN(C)c1ccc(NNc2ccc(NC(=O)c3ccc(CC4(C)c5ccccc5N(C)C4/C=C/C(C#N)=C/C=C4/N(CCC(=O)O)c5ccc6ccccc6c5C4(C)C)cc3)cc2)cc1. The summed E-state index contributed by atoms with van der Waals surface area (Å²) in [7, 11) is 6.11. The van der Waals surface area contributed by atoms with E-state index in [9.17, 15) is 20.0 Å². The number of anilines is 6. The molecular formula is C55H55N7O3. The van der Waals surface area contributed by atoms with Crippen LogP contribution in [0.5, 0.6) is 0 Å². The number of nitrogens with zero attached hydrogens (tertiary/aromatic N) is 4. The van der Waals surface area contributed by atoms with Crippen LogP contribution in [0.2, 0.25) is 0 Å². The number of carboxylic acids is 1. The van der Waals surface area contributed by atoms with E-state index in [0.717, 1.165) is 56.0 Å². The van der Waals surface area contributed by atoms with Gasteiger partial charge < -0.3 is 36.0 Å². The van der Waals surface area contributed by atoms with Crippen molar-refractivity contribution < 1.29 is 14.7 Å². The third-order valence-electron chi connectivity index (χ3n) is 12.9. The minimum Gasteiger partial charge on any atom is -0.481 e. The molecule has 2 heterocycles. The van der Waals surface area contributed by atoms with Crippen LogP contribution in [0.1, 0.15) is 54.2 Å². The first-order chi connectivity index (χ1) is 31.3. The van der Waals surface area contributed by atoms with Gasteiger partial charge in [0, 0.05) is 72.5 Å². The highest BCUT2D eigenvalue weighted by molar-refractivity contribution is 6.04. The second-order valence-electron chi connectivity index (χ2n) is 17.8. The number of rotatable bonds is 14. The minimum absolute atomic E-state index is 0.0167. The van der Waals surface area contributed by atoms with Crippen molar-refractivity contribution in [2.75, 3.05) is 58.6 Å². The number of allylic oxidation sites excluding steroid dienone is 5. The van der Waals surface area contributed by atoms with Gasteiger partial charge >= 0.3 is 5.97 Å². The van der Waals surface area contributed by atoms with Gasteiger partial charge in [-0.1, -0.05) is 87.5 Å².